The molecule has 0 unspecified atom stereocenters. The third-order valence-corrected chi connectivity index (χ3v) is 2.54. The maximum atomic E-state index is 10.2. The molecular weight excluding hydrogens is 253 g/mol. The first kappa shape index (κ1) is 26.0. The van der Waals surface area contributed by atoms with Gasteiger partial charge in [0.2, 0.25) is 0 Å². The van der Waals surface area contributed by atoms with Crippen LogP contribution in [0.3, 0.4) is 0 Å². The van der Waals surface area contributed by atoms with Gasteiger partial charge in [-0.1, -0.05) is 39.0 Å². The Hall–Kier alpha value is 0.360. The van der Waals surface area contributed by atoms with Gasteiger partial charge in [-0.25, -0.2) is 8.42 Å². The Morgan fingerprint density at radius 2 is 1.47 bits per heavy atom. The molecule has 0 bridgehead atoms. The van der Waals surface area contributed by atoms with E-state index in [4.69, 9.17) is 5.26 Å². The Balaban J connectivity index is -0.000000152. The molecule has 0 saturated heterocycles. The first-order chi connectivity index (χ1) is 6.97. The molecule has 0 radical (unpaired) electrons. The monoisotopic (exact) mass is 275 g/mol. The molecule has 0 heterocycles. The minimum atomic E-state index is -3.97. The van der Waals surface area contributed by atoms with Gasteiger partial charge in [-0.05, 0) is 6.42 Å². The molecule has 0 saturated carbocycles. The maximum Gasteiger partial charge on any atom is 1.00 e. The molecule has 17 heavy (non-hydrogen) atoms. The van der Waals surface area contributed by atoms with E-state index in [1.54, 1.807) is 6.07 Å². The third-order valence-electron chi connectivity index (χ3n) is 1.75. The van der Waals surface area contributed by atoms with Crippen LogP contribution in [0.5, 0.6) is 0 Å². The Morgan fingerprint density at radius 3 is 1.82 bits per heavy atom. The van der Waals surface area contributed by atoms with Gasteiger partial charge in [0, 0.05) is 12.7 Å². The van der Waals surface area contributed by atoms with Crippen LogP contribution in [-0.2, 0) is 10.1 Å². The third kappa shape index (κ3) is 38.5. The van der Waals surface area contributed by atoms with E-state index >= 15 is 0 Å². The molecule has 0 rings (SSSR count). The van der Waals surface area contributed by atoms with Gasteiger partial charge in [0.05, 0.1) is 16.2 Å². The fourth-order valence-corrected chi connectivity index (χ4v) is 1.62. The molecule has 2 N–H and O–H groups in total. The van der Waals surface area contributed by atoms with Crippen molar-refractivity contribution in [2.24, 2.45) is 0 Å². The Labute approximate surface area is 127 Å². The van der Waals surface area contributed by atoms with E-state index in [1.165, 1.54) is 19.8 Å². The smallest absolute Gasteiger partial charge is 0.748 e. The van der Waals surface area contributed by atoms with Crippen molar-refractivity contribution in [1.82, 2.24) is 0 Å². The van der Waals surface area contributed by atoms with Gasteiger partial charge in [-0.2, -0.15) is 5.26 Å². The van der Waals surface area contributed by atoms with Crippen molar-refractivity contribution in [3.63, 3.8) is 0 Å². The minimum absolute atomic E-state index is 0. The fourth-order valence-electron chi connectivity index (χ4n) is 1.06. The predicted octanol–water partition coefficient (Wildman–Crippen LogP) is -1.40. The summed E-state index contributed by atoms with van der Waals surface area (Å²) in [6.45, 7) is 3.56. The Kier molecular flexibility index (Phi) is 28.7. The molecule has 0 atom stereocenters. The molecule has 0 aromatic carbocycles. The number of hydrogen-bond donors (Lipinski definition) is 0. The molecule has 0 aliphatic carbocycles. The molecule has 0 amide bonds. The summed E-state index contributed by atoms with van der Waals surface area (Å²) < 4.78 is 30.5. The summed E-state index contributed by atoms with van der Waals surface area (Å²) in [4.78, 5) is 0. The van der Waals surface area contributed by atoms with E-state index in [-0.39, 0.29) is 40.8 Å². The molecule has 0 aromatic heterocycles. The SMILES string of the molecule is CC#N.CCCCCCCCS(=O)(=O)[O-].O.[Na+]. The van der Waals surface area contributed by atoms with Gasteiger partial charge in [-0.15, -0.1) is 0 Å². The minimum Gasteiger partial charge on any atom is -0.748 e. The molecule has 0 aliphatic heterocycles. The molecule has 0 aromatic rings. The summed E-state index contributed by atoms with van der Waals surface area (Å²) in [5.74, 6) is -0.195. The van der Waals surface area contributed by atoms with Crippen LogP contribution in [0.25, 0.3) is 0 Å². The van der Waals surface area contributed by atoms with Crippen LogP contribution in [0.4, 0.5) is 0 Å². The standard InChI is InChI=1S/C8H18O3S.C2H3N.Na.H2O/c1-2-3-4-5-6-7-8-12(9,10)11;1-2-3;;/h2-8H2,1H3,(H,9,10,11);1H3;;1H2/q;;+1;/p-1. The van der Waals surface area contributed by atoms with Crippen LogP contribution in [0, 0.1) is 11.3 Å². The molecular formula is C10H22NNaO4S. The molecule has 5 nitrogen and oxygen atoms in total. The summed E-state index contributed by atoms with van der Waals surface area (Å²) in [5, 5.41) is 7.32. The van der Waals surface area contributed by atoms with Crippen molar-refractivity contribution in [2.45, 2.75) is 52.4 Å². The van der Waals surface area contributed by atoms with Gasteiger partial charge >= 0.3 is 29.6 Å². The zero-order valence-electron chi connectivity index (χ0n) is 11.0. The van der Waals surface area contributed by atoms with Crippen LogP contribution in [0.1, 0.15) is 52.4 Å². The van der Waals surface area contributed by atoms with Crippen LogP contribution < -0.4 is 29.6 Å². The fraction of sp³-hybridized carbons (Fsp3) is 0.900. The van der Waals surface area contributed by atoms with E-state index in [2.05, 4.69) is 6.92 Å². The van der Waals surface area contributed by atoms with Crippen molar-refractivity contribution in [1.29, 1.82) is 5.26 Å². The second-order valence-electron chi connectivity index (χ2n) is 3.25. The number of rotatable bonds is 7. The van der Waals surface area contributed by atoms with Crippen LogP contribution in [0.2, 0.25) is 0 Å². The molecule has 98 valence electrons. The van der Waals surface area contributed by atoms with Crippen LogP contribution in [0.15, 0.2) is 0 Å². The summed E-state index contributed by atoms with van der Waals surface area (Å²) in [6, 6.07) is 1.75. The van der Waals surface area contributed by atoms with E-state index in [9.17, 15) is 13.0 Å². The number of nitrogens with zero attached hydrogens (tertiary/aromatic N) is 1. The van der Waals surface area contributed by atoms with Crippen LogP contribution in [-0.4, -0.2) is 24.2 Å². The zero-order chi connectivity index (χ0) is 12.2. The van der Waals surface area contributed by atoms with Crippen LogP contribution >= 0.6 is 0 Å². The number of unbranched alkanes of at least 4 members (excludes halogenated alkanes) is 5. The van der Waals surface area contributed by atoms with E-state index in [1.807, 2.05) is 0 Å². The topological polar surface area (TPSA) is 112 Å². The zero-order valence-corrected chi connectivity index (χ0v) is 13.8. The Morgan fingerprint density at radius 1 is 1.12 bits per heavy atom. The van der Waals surface area contributed by atoms with Crippen molar-refractivity contribution in [3.8, 4) is 6.07 Å². The van der Waals surface area contributed by atoms with Crippen molar-refractivity contribution in [3.05, 3.63) is 0 Å². The maximum absolute atomic E-state index is 10.2. The van der Waals surface area contributed by atoms with Crippen molar-refractivity contribution < 1.29 is 48.0 Å². The normalized spacial score (nSPS) is 8.82. The van der Waals surface area contributed by atoms with Gasteiger partial charge in [0.15, 0.2) is 0 Å². The van der Waals surface area contributed by atoms with E-state index in [0.29, 0.717) is 6.42 Å². The summed E-state index contributed by atoms with van der Waals surface area (Å²) in [7, 11) is -3.97. The number of hydrogen-bond acceptors (Lipinski definition) is 4. The number of nitriles is 1. The second-order valence-corrected chi connectivity index (χ2v) is 4.78. The molecule has 0 aliphatic rings. The molecule has 0 spiro atoms. The van der Waals surface area contributed by atoms with Gasteiger partial charge < -0.3 is 10.0 Å². The average molecular weight is 275 g/mol. The van der Waals surface area contributed by atoms with E-state index in [0.717, 1.165) is 19.3 Å². The van der Waals surface area contributed by atoms with Gasteiger partial charge in [0.25, 0.3) is 0 Å². The molecule has 0 fully saturated rings. The predicted molar refractivity (Wildman–Crippen MR) is 62.8 cm³/mol. The average Bonchev–Trinajstić information content (AvgIpc) is 2.11. The van der Waals surface area contributed by atoms with Gasteiger partial charge in [0.1, 0.15) is 0 Å². The van der Waals surface area contributed by atoms with Crippen molar-refractivity contribution in [2.75, 3.05) is 5.75 Å². The summed E-state index contributed by atoms with van der Waals surface area (Å²) in [5.41, 5.74) is 0. The molecule has 7 heteroatoms. The van der Waals surface area contributed by atoms with Gasteiger partial charge in [-0.3, -0.25) is 0 Å². The summed E-state index contributed by atoms with van der Waals surface area (Å²) in [6.07, 6.45) is 5.96. The second kappa shape index (κ2) is 18.7. The first-order valence-corrected chi connectivity index (χ1v) is 6.80. The largest absolute Gasteiger partial charge is 1.00 e. The Bertz CT molecular complexity index is 262. The quantitative estimate of drug-likeness (QED) is 0.323. The van der Waals surface area contributed by atoms with E-state index < -0.39 is 10.1 Å². The van der Waals surface area contributed by atoms with Crippen molar-refractivity contribution >= 4 is 10.1 Å². The first-order valence-electron chi connectivity index (χ1n) is 5.22. The summed E-state index contributed by atoms with van der Waals surface area (Å²) >= 11 is 0.